The Labute approximate surface area is 136 Å². The number of nitrogens with zero attached hydrogens (tertiary/aromatic N) is 2. The molecule has 0 bridgehead atoms. The molecule has 1 fully saturated rings. The SMILES string of the molecule is COc1ccc(-c2cnc(CN(C)CC3CCCC3O)o2)cc1. The van der Waals surface area contributed by atoms with Crippen LogP contribution in [-0.2, 0) is 6.54 Å². The van der Waals surface area contributed by atoms with Crippen molar-refractivity contribution in [1.82, 2.24) is 9.88 Å². The molecule has 1 heterocycles. The van der Waals surface area contributed by atoms with Crippen molar-refractivity contribution in [3.63, 3.8) is 0 Å². The van der Waals surface area contributed by atoms with Crippen LogP contribution in [0.3, 0.4) is 0 Å². The highest BCUT2D eigenvalue weighted by molar-refractivity contribution is 5.57. The third kappa shape index (κ3) is 3.92. The van der Waals surface area contributed by atoms with E-state index in [0.29, 0.717) is 18.4 Å². The van der Waals surface area contributed by atoms with Gasteiger partial charge in [0.2, 0.25) is 5.89 Å². The summed E-state index contributed by atoms with van der Waals surface area (Å²) in [6.45, 7) is 1.53. The number of aliphatic hydroxyl groups is 1. The molecule has 1 aliphatic carbocycles. The predicted molar refractivity (Wildman–Crippen MR) is 88.2 cm³/mol. The molecule has 23 heavy (non-hydrogen) atoms. The van der Waals surface area contributed by atoms with Crippen LogP contribution in [0, 0.1) is 5.92 Å². The molecule has 2 unspecified atom stereocenters. The van der Waals surface area contributed by atoms with E-state index < -0.39 is 0 Å². The zero-order valence-electron chi connectivity index (χ0n) is 13.7. The minimum atomic E-state index is -0.156. The number of hydrogen-bond donors (Lipinski definition) is 1. The third-order valence-corrected chi connectivity index (χ3v) is 4.50. The van der Waals surface area contributed by atoms with E-state index in [2.05, 4.69) is 9.88 Å². The van der Waals surface area contributed by atoms with Crippen LogP contribution in [0.1, 0.15) is 25.2 Å². The largest absolute Gasteiger partial charge is 0.497 e. The van der Waals surface area contributed by atoms with Crippen molar-refractivity contribution in [3.05, 3.63) is 36.4 Å². The maximum Gasteiger partial charge on any atom is 0.209 e. The van der Waals surface area contributed by atoms with E-state index in [1.807, 2.05) is 31.3 Å². The number of aromatic nitrogens is 1. The van der Waals surface area contributed by atoms with Gasteiger partial charge in [-0.1, -0.05) is 6.42 Å². The van der Waals surface area contributed by atoms with E-state index in [4.69, 9.17) is 9.15 Å². The first-order valence-corrected chi connectivity index (χ1v) is 8.11. The molecule has 1 aromatic carbocycles. The van der Waals surface area contributed by atoms with Gasteiger partial charge >= 0.3 is 0 Å². The van der Waals surface area contributed by atoms with Gasteiger partial charge in [-0.05, 0) is 50.1 Å². The van der Waals surface area contributed by atoms with Crippen LogP contribution in [0.15, 0.2) is 34.9 Å². The van der Waals surface area contributed by atoms with Crippen LogP contribution in [0.5, 0.6) is 5.75 Å². The summed E-state index contributed by atoms with van der Waals surface area (Å²) in [5, 5.41) is 9.92. The molecule has 3 rings (SSSR count). The number of ether oxygens (including phenoxy) is 1. The maximum atomic E-state index is 9.92. The first-order chi connectivity index (χ1) is 11.2. The van der Waals surface area contributed by atoms with Gasteiger partial charge in [-0.25, -0.2) is 4.98 Å². The average molecular weight is 316 g/mol. The van der Waals surface area contributed by atoms with Gasteiger partial charge in [0, 0.05) is 12.1 Å². The molecular weight excluding hydrogens is 292 g/mol. The minimum absolute atomic E-state index is 0.156. The second-order valence-electron chi connectivity index (χ2n) is 6.30. The van der Waals surface area contributed by atoms with Crippen LogP contribution in [0.4, 0.5) is 0 Å². The number of aliphatic hydroxyl groups excluding tert-OH is 1. The fraction of sp³-hybridized carbons (Fsp3) is 0.500. The van der Waals surface area contributed by atoms with Gasteiger partial charge in [-0.15, -0.1) is 0 Å². The Morgan fingerprint density at radius 1 is 1.30 bits per heavy atom. The normalized spacial score (nSPS) is 21.0. The Morgan fingerprint density at radius 2 is 2.09 bits per heavy atom. The first kappa shape index (κ1) is 16.0. The van der Waals surface area contributed by atoms with Crippen molar-refractivity contribution in [2.75, 3.05) is 20.7 Å². The van der Waals surface area contributed by atoms with Gasteiger partial charge in [-0.2, -0.15) is 0 Å². The third-order valence-electron chi connectivity index (χ3n) is 4.50. The highest BCUT2D eigenvalue weighted by Gasteiger charge is 2.26. The smallest absolute Gasteiger partial charge is 0.209 e. The molecule has 5 heteroatoms. The van der Waals surface area contributed by atoms with Crippen molar-refractivity contribution in [2.45, 2.75) is 31.9 Å². The van der Waals surface area contributed by atoms with Gasteiger partial charge in [0.15, 0.2) is 5.76 Å². The molecule has 2 aromatic rings. The molecule has 0 aliphatic heterocycles. The summed E-state index contributed by atoms with van der Waals surface area (Å²) in [7, 11) is 3.70. The van der Waals surface area contributed by atoms with Crippen molar-refractivity contribution < 1.29 is 14.3 Å². The van der Waals surface area contributed by atoms with E-state index in [1.165, 1.54) is 0 Å². The Bertz CT molecular complexity index is 623. The van der Waals surface area contributed by atoms with Crippen LogP contribution < -0.4 is 4.74 Å². The van der Waals surface area contributed by atoms with Crippen LogP contribution >= 0.6 is 0 Å². The molecule has 1 saturated carbocycles. The van der Waals surface area contributed by atoms with Crippen LogP contribution in [-0.4, -0.2) is 41.8 Å². The minimum Gasteiger partial charge on any atom is -0.497 e. The summed E-state index contributed by atoms with van der Waals surface area (Å²) in [6.07, 6.45) is 4.76. The van der Waals surface area contributed by atoms with Gasteiger partial charge in [0.1, 0.15) is 5.75 Å². The van der Waals surface area contributed by atoms with E-state index in [0.717, 1.165) is 42.9 Å². The van der Waals surface area contributed by atoms with Crippen LogP contribution in [0.2, 0.25) is 0 Å². The van der Waals surface area contributed by atoms with E-state index in [9.17, 15) is 5.11 Å². The first-order valence-electron chi connectivity index (χ1n) is 8.11. The lowest BCUT2D eigenvalue weighted by molar-refractivity contribution is 0.105. The van der Waals surface area contributed by atoms with Gasteiger partial charge in [-0.3, -0.25) is 4.90 Å². The summed E-state index contributed by atoms with van der Waals surface area (Å²) < 4.78 is 11.0. The summed E-state index contributed by atoms with van der Waals surface area (Å²) >= 11 is 0. The standard InChI is InChI=1S/C18H24N2O3/c1-20(11-14-4-3-5-16(14)21)12-18-19-10-17(23-18)13-6-8-15(22-2)9-7-13/h6-10,14,16,21H,3-5,11-12H2,1-2H3. The number of oxazole rings is 1. The van der Waals surface area contributed by atoms with Crippen molar-refractivity contribution >= 4 is 0 Å². The fourth-order valence-electron chi connectivity index (χ4n) is 3.20. The quantitative estimate of drug-likeness (QED) is 0.888. The van der Waals surface area contributed by atoms with Gasteiger partial charge in [0.05, 0.1) is 26.0 Å². The Balaban J connectivity index is 1.60. The van der Waals surface area contributed by atoms with E-state index in [-0.39, 0.29) is 6.10 Å². The topological polar surface area (TPSA) is 58.7 Å². The lowest BCUT2D eigenvalue weighted by Gasteiger charge is -2.21. The van der Waals surface area contributed by atoms with Gasteiger partial charge in [0.25, 0.3) is 0 Å². The molecule has 1 aromatic heterocycles. The van der Waals surface area contributed by atoms with Crippen LogP contribution in [0.25, 0.3) is 11.3 Å². The van der Waals surface area contributed by atoms with Crippen molar-refractivity contribution in [2.24, 2.45) is 5.92 Å². The molecular formula is C18H24N2O3. The monoisotopic (exact) mass is 316 g/mol. The van der Waals surface area contributed by atoms with Crippen molar-refractivity contribution in [3.8, 4) is 17.1 Å². The molecule has 0 amide bonds. The number of rotatable bonds is 6. The molecule has 2 atom stereocenters. The van der Waals surface area contributed by atoms with Crippen molar-refractivity contribution in [1.29, 1.82) is 0 Å². The second-order valence-corrected chi connectivity index (χ2v) is 6.30. The highest BCUT2D eigenvalue weighted by atomic mass is 16.5. The molecule has 1 aliphatic rings. The zero-order chi connectivity index (χ0) is 16.2. The summed E-state index contributed by atoms with van der Waals surface area (Å²) in [5.41, 5.74) is 0.985. The molecule has 0 radical (unpaired) electrons. The van der Waals surface area contributed by atoms with Gasteiger partial charge < -0.3 is 14.3 Å². The summed E-state index contributed by atoms with van der Waals surface area (Å²) in [6, 6.07) is 7.74. The highest BCUT2D eigenvalue weighted by Crippen LogP contribution is 2.27. The second kappa shape index (κ2) is 7.15. The fourth-order valence-corrected chi connectivity index (χ4v) is 3.20. The van der Waals surface area contributed by atoms with E-state index in [1.54, 1.807) is 13.3 Å². The molecule has 0 spiro atoms. The Hall–Kier alpha value is -1.85. The predicted octanol–water partition coefficient (Wildman–Crippen LogP) is 2.94. The number of hydrogen-bond acceptors (Lipinski definition) is 5. The molecule has 0 saturated heterocycles. The van der Waals surface area contributed by atoms with E-state index >= 15 is 0 Å². The zero-order valence-corrected chi connectivity index (χ0v) is 13.7. The Morgan fingerprint density at radius 3 is 2.74 bits per heavy atom. The summed E-state index contributed by atoms with van der Waals surface area (Å²) in [4.78, 5) is 6.54. The Kier molecular flexibility index (Phi) is 4.98. The lowest BCUT2D eigenvalue weighted by Crippen LogP contribution is -2.29. The molecule has 124 valence electrons. The molecule has 5 nitrogen and oxygen atoms in total. The molecule has 1 N–H and O–H groups in total. The number of methoxy groups -OCH3 is 1. The maximum absolute atomic E-state index is 9.92. The summed E-state index contributed by atoms with van der Waals surface area (Å²) in [5.74, 6) is 2.65. The average Bonchev–Trinajstić information content (AvgIpc) is 3.17. The lowest BCUT2D eigenvalue weighted by atomic mass is 10.1. The number of benzene rings is 1.